The van der Waals surface area contributed by atoms with Gasteiger partial charge in [0.25, 0.3) is 0 Å². The molecule has 0 saturated carbocycles. The minimum absolute atomic E-state index is 0.0610. The fraction of sp³-hybridized carbons (Fsp3) is 0.471. The largest absolute Gasteiger partial charge is 0.478 e. The molecule has 1 N–H and O–H groups in total. The average molecular weight is 331 g/mol. The van der Waals surface area contributed by atoms with Crippen molar-refractivity contribution in [1.29, 1.82) is 0 Å². The Labute approximate surface area is 140 Å². The summed E-state index contributed by atoms with van der Waals surface area (Å²) in [5.74, 6) is 0.536. The van der Waals surface area contributed by atoms with Gasteiger partial charge in [-0.1, -0.05) is 31.1 Å². The molecule has 0 bridgehead atoms. The summed E-state index contributed by atoms with van der Waals surface area (Å²) in [7, 11) is 0. The number of ether oxygens (including phenoxy) is 1. The highest BCUT2D eigenvalue weighted by atomic mass is 16.5. The van der Waals surface area contributed by atoms with Crippen molar-refractivity contribution in [3.05, 3.63) is 47.1 Å². The lowest BCUT2D eigenvalue weighted by molar-refractivity contribution is -0.0166. The molecule has 0 aliphatic carbocycles. The average Bonchev–Trinajstić information content (AvgIpc) is 3.06. The fourth-order valence-corrected chi connectivity index (χ4v) is 2.67. The smallest absolute Gasteiger partial charge is 0.335 e. The Morgan fingerprint density at radius 1 is 1.38 bits per heavy atom. The van der Waals surface area contributed by atoms with Gasteiger partial charge in [0, 0.05) is 19.0 Å². The van der Waals surface area contributed by atoms with Gasteiger partial charge in [-0.15, -0.1) is 0 Å². The van der Waals surface area contributed by atoms with Gasteiger partial charge < -0.3 is 14.4 Å². The number of aromatic nitrogens is 2. The van der Waals surface area contributed by atoms with Crippen LogP contribution >= 0.6 is 0 Å². The number of carboxylic acids is 1. The van der Waals surface area contributed by atoms with E-state index in [9.17, 15) is 4.79 Å². The van der Waals surface area contributed by atoms with Crippen LogP contribution in [0.15, 0.2) is 28.8 Å². The molecule has 1 unspecified atom stereocenters. The Morgan fingerprint density at radius 2 is 2.12 bits per heavy atom. The standard InChI is InChI=1S/C17H21N3O4/c1-11(2)16-18-15(19-24-16)14-10-23-8-7-20(14)9-12-3-5-13(6-4-12)17(21)22/h3-6,11,14H,7-10H2,1-2H3,(H,21,22). The van der Waals surface area contributed by atoms with Gasteiger partial charge in [0.15, 0.2) is 5.82 Å². The molecule has 1 saturated heterocycles. The minimum Gasteiger partial charge on any atom is -0.478 e. The van der Waals surface area contributed by atoms with Gasteiger partial charge in [-0.05, 0) is 17.7 Å². The molecule has 7 nitrogen and oxygen atoms in total. The third kappa shape index (κ3) is 3.63. The molecule has 0 spiro atoms. The van der Waals surface area contributed by atoms with E-state index in [1.165, 1.54) is 0 Å². The zero-order chi connectivity index (χ0) is 17.1. The Balaban J connectivity index is 1.75. The highest BCUT2D eigenvalue weighted by molar-refractivity contribution is 5.87. The topological polar surface area (TPSA) is 88.7 Å². The van der Waals surface area contributed by atoms with E-state index in [2.05, 4.69) is 15.0 Å². The number of hydrogen-bond acceptors (Lipinski definition) is 6. The lowest BCUT2D eigenvalue weighted by Crippen LogP contribution is -2.39. The third-order valence-electron chi connectivity index (χ3n) is 4.08. The van der Waals surface area contributed by atoms with Crippen LogP contribution in [-0.4, -0.2) is 45.9 Å². The van der Waals surface area contributed by atoms with Crippen LogP contribution < -0.4 is 0 Å². The van der Waals surface area contributed by atoms with Gasteiger partial charge >= 0.3 is 5.97 Å². The molecule has 2 aromatic rings. The number of morpholine rings is 1. The summed E-state index contributed by atoms with van der Waals surface area (Å²) < 4.78 is 10.9. The van der Waals surface area contributed by atoms with Crippen molar-refractivity contribution >= 4 is 5.97 Å². The summed E-state index contributed by atoms with van der Waals surface area (Å²) in [5.41, 5.74) is 1.33. The summed E-state index contributed by atoms with van der Waals surface area (Å²) >= 11 is 0. The molecule has 3 rings (SSSR count). The van der Waals surface area contributed by atoms with Crippen molar-refractivity contribution in [2.24, 2.45) is 0 Å². The summed E-state index contributed by atoms with van der Waals surface area (Å²) in [5, 5.41) is 13.1. The van der Waals surface area contributed by atoms with E-state index in [1.54, 1.807) is 12.1 Å². The van der Waals surface area contributed by atoms with Crippen LogP contribution in [-0.2, 0) is 11.3 Å². The Bertz CT molecular complexity index is 696. The second-order valence-corrected chi connectivity index (χ2v) is 6.21. The molecule has 1 aromatic heterocycles. The zero-order valence-corrected chi connectivity index (χ0v) is 13.8. The molecular formula is C17H21N3O4. The van der Waals surface area contributed by atoms with Gasteiger partial charge in [-0.3, -0.25) is 4.90 Å². The fourth-order valence-electron chi connectivity index (χ4n) is 2.67. The van der Waals surface area contributed by atoms with Crippen LogP contribution in [0.5, 0.6) is 0 Å². The van der Waals surface area contributed by atoms with Crippen LogP contribution in [0, 0.1) is 0 Å². The first-order valence-corrected chi connectivity index (χ1v) is 8.02. The first-order chi connectivity index (χ1) is 11.5. The number of nitrogens with zero attached hydrogens (tertiary/aromatic N) is 3. The van der Waals surface area contributed by atoms with E-state index >= 15 is 0 Å². The van der Waals surface area contributed by atoms with Gasteiger partial charge in [0.1, 0.15) is 0 Å². The Kier molecular flexibility index (Phi) is 4.92. The number of hydrogen-bond donors (Lipinski definition) is 1. The van der Waals surface area contributed by atoms with Gasteiger partial charge in [-0.2, -0.15) is 4.98 Å². The van der Waals surface area contributed by atoms with Crippen molar-refractivity contribution in [3.8, 4) is 0 Å². The van der Waals surface area contributed by atoms with Gasteiger partial charge in [0.05, 0.1) is 24.8 Å². The molecule has 0 amide bonds. The van der Waals surface area contributed by atoms with Crippen LogP contribution in [0.25, 0.3) is 0 Å². The zero-order valence-electron chi connectivity index (χ0n) is 13.8. The van der Waals surface area contributed by atoms with E-state index in [0.29, 0.717) is 31.5 Å². The molecule has 128 valence electrons. The summed E-state index contributed by atoms with van der Waals surface area (Å²) in [6.07, 6.45) is 0. The minimum atomic E-state index is -0.918. The second-order valence-electron chi connectivity index (χ2n) is 6.21. The van der Waals surface area contributed by atoms with Crippen LogP contribution in [0.4, 0.5) is 0 Å². The molecule has 1 aromatic carbocycles. The third-order valence-corrected chi connectivity index (χ3v) is 4.08. The van der Waals surface area contributed by atoms with Crippen molar-refractivity contribution in [1.82, 2.24) is 15.0 Å². The van der Waals surface area contributed by atoms with E-state index in [1.807, 2.05) is 26.0 Å². The van der Waals surface area contributed by atoms with Crippen molar-refractivity contribution in [2.75, 3.05) is 19.8 Å². The van der Waals surface area contributed by atoms with Gasteiger partial charge in [0.2, 0.25) is 5.89 Å². The van der Waals surface area contributed by atoms with E-state index < -0.39 is 5.97 Å². The van der Waals surface area contributed by atoms with Crippen molar-refractivity contribution in [3.63, 3.8) is 0 Å². The highest BCUT2D eigenvalue weighted by Gasteiger charge is 2.29. The number of carboxylic acid groups (broad SMARTS) is 1. The van der Waals surface area contributed by atoms with Crippen molar-refractivity contribution in [2.45, 2.75) is 32.4 Å². The van der Waals surface area contributed by atoms with Crippen LogP contribution in [0.1, 0.15) is 53.4 Å². The molecule has 24 heavy (non-hydrogen) atoms. The van der Waals surface area contributed by atoms with Crippen LogP contribution in [0.3, 0.4) is 0 Å². The van der Waals surface area contributed by atoms with Crippen LogP contribution in [0.2, 0.25) is 0 Å². The maximum absolute atomic E-state index is 10.9. The predicted octanol–water partition coefficient (Wildman–Crippen LogP) is 2.46. The highest BCUT2D eigenvalue weighted by Crippen LogP contribution is 2.25. The number of carbonyl (C=O) groups is 1. The maximum atomic E-state index is 10.9. The summed E-state index contributed by atoms with van der Waals surface area (Å²) in [6.45, 7) is 6.63. The van der Waals surface area contributed by atoms with E-state index in [-0.39, 0.29) is 17.5 Å². The quantitative estimate of drug-likeness (QED) is 0.900. The summed E-state index contributed by atoms with van der Waals surface area (Å²) in [6, 6.07) is 6.86. The number of benzene rings is 1. The molecule has 1 aliphatic rings. The lowest BCUT2D eigenvalue weighted by Gasteiger charge is -2.33. The first kappa shape index (κ1) is 16.6. The van der Waals surface area contributed by atoms with E-state index in [0.717, 1.165) is 12.1 Å². The Morgan fingerprint density at radius 3 is 2.75 bits per heavy atom. The summed E-state index contributed by atoms with van der Waals surface area (Å²) in [4.78, 5) is 17.7. The monoisotopic (exact) mass is 331 g/mol. The molecule has 1 atom stereocenters. The number of aromatic carboxylic acids is 1. The molecule has 7 heteroatoms. The first-order valence-electron chi connectivity index (χ1n) is 8.02. The predicted molar refractivity (Wildman–Crippen MR) is 85.8 cm³/mol. The second kappa shape index (κ2) is 7.11. The lowest BCUT2D eigenvalue weighted by atomic mass is 10.1. The normalized spacial score (nSPS) is 18.9. The maximum Gasteiger partial charge on any atom is 0.335 e. The van der Waals surface area contributed by atoms with Crippen molar-refractivity contribution < 1.29 is 19.2 Å². The van der Waals surface area contributed by atoms with E-state index in [4.69, 9.17) is 14.4 Å². The SMILES string of the molecule is CC(C)c1nc(C2COCCN2Cc2ccc(C(=O)O)cc2)no1. The molecule has 1 fully saturated rings. The number of rotatable bonds is 5. The molecule has 1 aliphatic heterocycles. The molecule has 0 radical (unpaired) electrons. The Hall–Kier alpha value is -2.25. The van der Waals surface area contributed by atoms with Gasteiger partial charge in [-0.25, -0.2) is 4.79 Å². The molecule has 2 heterocycles. The molecular weight excluding hydrogens is 310 g/mol.